The summed E-state index contributed by atoms with van der Waals surface area (Å²) in [5, 5.41) is 19.3. The molecule has 1 aromatic carbocycles. The highest BCUT2D eigenvalue weighted by molar-refractivity contribution is 5.82. The molecule has 1 heterocycles. The molecular weight excluding hydrogens is 388 g/mol. The minimum atomic E-state index is -0.244. The predicted molar refractivity (Wildman–Crippen MR) is 125 cm³/mol. The third kappa shape index (κ3) is 4.91. The van der Waals surface area contributed by atoms with Crippen molar-refractivity contribution < 1.29 is 5.11 Å². The van der Waals surface area contributed by atoms with Crippen molar-refractivity contribution in [1.29, 1.82) is 5.26 Å². The molecule has 2 aliphatic rings. The fourth-order valence-electron chi connectivity index (χ4n) is 4.72. The third-order valence-corrected chi connectivity index (χ3v) is 6.28. The Bertz CT molecular complexity index is 959. The standard InChI is InChI=1S/C18H21N5O.C6H13N/c1-18(2)9-12-11(15-14(18)17(20)22-10-21-15)5-6-13(24)16(12)23(3)8-4-7-19;7-6-4-2-1-3-5-6/h5-6,10,24H,4,8-9H2,1-3H3,(H2,20,21,22);6H,1-5,7H2. The van der Waals surface area contributed by atoms with Crippen LogP contribution in [0, 0.1) is 11.3 Å². The molecular formula is C24H34N6O. The van der Waals surface area contributed by atoms with E-state index in [9.17, 15) is 5.11 Å². The summed E-state index contributed by atoms with van der Waals surface area (Å²) >= 11 is 0. The molecule has 5 N–H and O–H groups in total. The van der Waals surface area contributed by atoms with Crippen LogP contribution in [0.3, 0.4) is 0 Å². The number of phenolic OH excluding ortho intramolecular Hbond substituents is 1. The highest BCUT2D eigenvalue weighted by Crippen LogP contribution is 2.48. The van der Waals surface area contributed by atoms with E-state index in [0.717, 1.165) is 28.1 Å². The van der Waals surface area contributed by atoms with Gasteiger partial charge in [-0.05, 0) is 42.4 Å². The number of nitrogen functional groups attached to an aromatic ring is 1. The second-order valence-electron chi connectivity index (χ2n) is 9.23. The number of benzene rings is 1. The Labute approximate surface area is 185 Å². The van der Waals surface area contributed by atoms with Crippen molar-refractivity contribution in [3.63, 3.8) is 0 Å². The van der Waals surface area contributed by atoms with Crippen molar-refractivity contribution in [2.45, 2.75) is 70.3 Å². The molecule has 4 rings (SSSR count). The minimum Gasteiger partial charge on any atom is -0.506 e. The van der Waals surface area contributed by atoms with Crippen molar-refractivity contribution in [2.24, 2.45) is 5.73 Å². The average molecular weight is 423 g/mol. The lowest BCUT2D eigenvalue weighted by Gasteiger charge is -2.36. The SMILES string of the molecule is CN(CCC#N)c1c(O)ccc2c1CC(C)(C)c1c(N)ncnc1-2.NC1CCCCC1. The van der Waals surface area contributed by atoms with E-state index >= 15 is 0 Å². The van der Waals surface area contributed by atoms with Crippen LogP contribution in [0.15, 0.2) is 18.5 Å². The molecule has 0 saturated heterocycles. The molecule has 0 unspecified atom stereocenters. The molecule has 0 aliphatic heterocycles. The Morgan fingerprint density at radius 1 is 1.23 bits per heavy atom. The largest absolute Gasteiger partial charge is 0.506 e. The third-order valence-electron chi connectivity index (χ3n) is 6.28. The van der Waals surface area contributed by atoms with Crippen LogP contribution in [0.4, 0.5) is 11.5 Å². The Morgan fingerprint density at radius 3 is 2.55 bits per heavy atom. The van der Waals surface area contributed by atoms with Gasteiger partial charge in [-0.25, -0.2) is 9.97 Å². The van der Waals surface area contributed by atoms with E-state index in [0.29, 0.717) is 31.2 Å². The monoisotopic (exact) mass is 422 g/mol. The van der Waals surface area contributed by atoms with Crippen LogP contribution in [0.1, 0.15) is 63.5 Å². The van der Waals surface area contributed by atoms with E-state index < -0.39 is 0 Å². The number of anilines is 2. The van der Waals surface area contributed by atoms with Gasteiger partial charge in [0.2, 0.25) is 0 Å². The number of aromatic nitrogens is 2. The molecule has 2 aliphatic carbocycles. The molecule has 1 aromatic heterocycles. The number of hydrogen-bond donors (Lipinski definition) is 3. The second kappa shape index (κ2) is 9.52. The molecule has 31 heavy (non-hydrogen) atoms. The summed E-state index contributed by atoms with van der Waals surface area (Å²) in [4.78, 5) is 10.5. The first-order chi connectivity index (χ1) is 14.8. The van der Waals surface area contributed by atoms with E-state index in [1.54, 1.807) is 6.07 Å². The topological polar surface area (TPSA) is 125 Å². The highest BCUT2D eigenvalue weighted by atomic mass is 16.3. The van der Waals surface area contributed by atoms with Gasteiger partial charge in [-0.3, -0.25) is 0 Å². The fraction of sp³-hybridized carbons (Fsp3) is 0.542. The summed E-state index contributed by atoms with van der Waals surface area (Å²) in [6.07, 6.45) is 9.25. The summed E-state index contributed by atoms with van der Waals surface area (Å²) in [6, 6.07) is 6.24. The van der Waals surface area contributed by atoms with Gasteiger partial charge < -0.3 is 21.5 Å². The maximum atomic E-state index is 10.4. The van der Waals surface area contributed by atoms with Crippen LogP contribution >= 0.6 is 0 Å². The fourth-order valence-corrected chi connectivity index (χ4v) is 4.72. The van der Waals surface area contributed by atoms with E-state index in [4.69, 9.17) is 16.7 Å². The highest BCUT2D eigenvalue weighted by Gasteiger charge is 2.36. The van der Waals surface area contributed by atoms with E-state index in [2.05, 4.69) is 29.9 Å². The molecule has 7 heteroatoms. The van der Waals surface area contributed by atoms with Gasteiger partial charge in [0, 0.05) is 30.8 Å². The summed E-state index contributed by atoms with van der Waals surface area (Å²) in [5.74, 6) is 0.721. The van der Waals surface area contributed by atoms with Gasteiger partial charge in [0.05, 0.1) is 23.9 Å². The van der Waals surface area contributed by atoms with Gasteiger partial charge >= 0.3 is 0 Å². The first-order valence-corrected chi connectivity index (χ1v) is 11.1. The molecule has 1 fully saturated rings. The number of hydrogen-bond acceptors (Lipinski definition) is 7. The molecule has 0 spiro atoms. The second-order valence-corrected chi connectivity index (χ2v) is 9.23. The molecule has 0 radical (unpaired) electrons. The van der Waals surface area contributed by atoms with Crippen molar-refractivity contribution >= 4 is 11.5 Å². The first kappa shape index (κ1) is 22.8. The van der Waals surface area contributed by atoms with E-state index in [1.165, 1.54) is 38.4 Å². The van der Waals surface area contributed by atoms with Gasteiger partial charge in [0.15, 0.2) is 0 Å². The van der Waals surface area contributed by atoms with E-state index in [1.807, 2.05) is 18.0 Å². The van der Waals surface area contributed by atoms with Crippen LogP contribution in [0.2, 0.25) is 0 Å². The number of nitrogens with zero attached hydrogens (tertiary/aromatic N) is 4. The van der Waals surface area contributed by atoms with Crippen LogP contribution in [0.5, 0.6) is 5.75 Å². The molecule has 2 aromatic rings. The lowest BCUT2D eigenvalue weighted by atomic mass is 9.71. The number of fused-ring (bicyclic) bond motifs is 3. The number of nitriles is 1. The van der Waals surface area contributed by atoms with Crippen LogP contribution in [0.25, 0.3) is 11.3 Å². The van der Waals surface area contributed by atoms with Crippen molar-refractivity contribution in [2.75, 3.05) is 24.2 Å². The van der Waals surface area contributed by atoms with Gasteiger partial charge in [-0.1, -0.05) is 33.1 Å². The van der Waals surface area contributed by atoms with Gasteiger partial charge in [-0.15, -0.1) is 0 Å². The maximum absolute atomic E-state index is 10.4. The predicted octanol–water partition coefficient (Wildman–Crippen LogP) is 3.89. The van der Waals surface area contributed by atoms with Crippen molar-refractivity contribution in [3.8, 4) is 23.1 Å². The average Bonchev–Trinajstić information content (AvgIpc) is 2.72. The summed E-state index contributed by atoms with van der Waals surface area (Å²) in [6.45, 7) is 4.77. The smallest absolute Gasteiger partial charge is 0.139 e. The quantitative estimate of drug-likeness (QED) is 0.685. The zero-order valence-electron chi connectivity index (χ0n) is 18.9. The normalized spacial score (nSPS) is 16.9. The molecule has 7 nitrogen and oxygen atoms in total. The molecule has 0 amide bonds. The zero-order chi connectivity index (χ0) is 22.6. The summed E-state index contributed by atoms with van der Waals surface area (Å²) < 4.78 is 0. The van der Waals surface area contributed by atoms with Gasteiger partial charge in [0.25, 0.3) is 0 Å². The van der Waals surface area contributed by atoms with Crippen LogP contribution in [-0.4, -0.2) is 34.7 Å². The van der Waals surface area contributed by atoms with Crippen molar-refractivity contribution in [3.05, 3.63) is 29.6 Å². The first-order valence-electron chi connectivity index (χ1n) is 11.1. The lowest BCUT2D eigenvalue weighted by molar-refractivity contribution is 0.441. The minimum absolute atomic E-state index is 0.218. The number of phenols is 1. The number of nitrogens with two attached hydrogens (primary N) is 2. The molecule has 0 atom stereocenters. The maximum Gasteiger partial charge on any atom is 0.139 e. The summed E-state index contributed by atoms with van der Waals surface area (Å²) in [5.41, 5.74) is 16.1. The Morgan fingerprint density at radius 2 is 1.94 bits per heavy atom. The number of rotatable bonds is 3. The van der Waals surface area contributed by atoms with Crippen LogP contribution < -0.4 is 16.4 Å². The van der Waals surface area contributed by atoms with Crippen molar-refractivity contribution in [1.82, 2.24) is 9.97 Å². The lowest BCUT2D eigenvalue weighted by Crippen LogP contribution is -2.30. The number of aromatic hydroxyl groups is 1. The Balaban J connectivity index is 0.000000330. The van der Waals surface area contributed by atoms with E-state index in [-0.39, 0.29) is 11.2 Å². The van der Waals surface area contributed by atoms with Crippen LogP contribution in [-0.2, 0) is 11.8 Å². The van der Waals surface area contributed by atoms with Gasteiger partial charge in [-0.2, -0.15) is 5.26 Å². The molecule has 166 valence electrons. The zero-order valence-corrected chi connectivity index (χ0v) is 18.9. The molecule has 1 saturated carbocycles. The molecule has 0 bridgehead atoms. The van der Waals surface area contributed by atoms with Gasteiger partial charge in [0.1, 0.15) is 17.9 Å². The Kier molecular flexibility index (Phi) is 7.01. The summed E-state index contributed by atoms with van der Waals surface area (Å²) in [7, 11) is 1.89. The Hall–Kier alpha value is -2.85.